The molecule has 0 saturated heterocycles. The van der Waals surface area contributed by atoms with Gasteiger partial charge in [0.05, 0.1) is 0 Å². The maximum Gasteiger partial charge on any atom is 0.127 e. The van der Waals surface area contributed by atoms with Crippen LogP contribution in [0.3, 0.4) is 0 Å². The van der Waals surface area contributed by atoms with Crippen LogP contribution in [0.15, 0.2) is 18.2 Å². The fourth-order valence-electron chi connectivity index (χ4n) is 2.77. The summed E-state index contributed by atoms with van der Waals surface area (Å²) in [6, 6.07) is 4.53. The minimum absolute atomic E-state index is 0.0666. The Labute approximate surface area is 102 Å². The maximum absolute atomic E-state index is 13.2. The average molecular weight is 237 g/mol. The summed E-state index contributed by atoms with van der Waals surface area (Å²) in [5, 5.41) is 0. The lowest BCUT2D eigenvalue weighted by atomic mass is 9.83. The van der Waals surface area contributed by atoms with E-state index >= 15 is 0 Å². The minimum atomic E-state index is -0.283. The lowest BCUT2D eigenvalue weighted by Crippen LogP contribution is -2.41. The summed E-state index contributed by atoms with van der Waals surface area (Å²) in [6.45, 7) is 6.36. The average Bonchev–Trinajstić information content (AvgIpc) is 2.13. The van der Waals surface area contributed by atoms with E-state index in [1.165, 1.54) is 12.1 Å². The number of hydrogen-bond acceptors (Lipinski definition) is 2. The van der Waals surface area contributed by atoms with Crippen LogP contribution in [0.4, 0.5) is 4.39 Å². The number of halogens is 1. The molecule has 0 fully saturated rings. The molecule has 0 saturated carbocycles. The van der Waals surface area contributed by atoms with Crippen LogP contribution in [0.25, 0.3) is 0 Å². The highest BCUT2D eigenvalue weighted by Crippen LogP contribution is 2.41. The van der Waals surface area contributed by atoms with Crippen molar-refractivity contribution in [1.82, 2.24) is 0 Å². The number of rotatable bonds is 2. The van der Waals surface area contributed by atoms with Crippen molar-refractivity contribution in [3.8, 4) is 5.75 Å². The number of ether oxygens (including phenoxy) is 1. The smallest absolute Gasteiger partial charge is 0.127 e. The summed E-state index contributed by atoms with van der Waals surface area (Å²) in [5.74, 6) is 0.860. The summed E-state index contributed by atoms with van der Waals surface area (Å²) in [6.07, 6.45) is 1.71. The molecule has 0 radical (unpaired) electrons. The molecular weight excluding hydrogens is 217 g/mol. The Morgan fingerprint density at radius 1 is 1.53 bits per heavy atom. The quantitative estimate of drug-likeness (QED) is 0.855. The molecule has 2 rings (SSSR count). The van der Waals surface area contributed by atoms with Crippen molar-refractivity contribution >= 4 is 0 Å². The van der Waals surface area contributed by atoms with Crippen molar-refractivity contribution in [1.29, 1.82) is 0 Å². The predicted molar refractivity (Wildman–Crippen MR) is 66.4 cm³/mol. The molecule has 3 heteroatoms. The summed E-state index contributed by atoms with van der Waals surface area (Å²) in [5.41, 5.74) is 6.77. The van der Waals surface area contributed by atoms with Gasteiger partial charge in [-0.15, -0.1) is 0 Å². The molecule has 1 aromatic rings. The zero-order valence-corrected chi connectivity index (χ0v) is 10.7. The van der Waals surface area contributed by atoms with Gasteiger partial charge in [-0.1, -0.05) is 19.9 Å². The first-order chi connectivity index (χ1) is 7.89. The topological polar surface area (TPSA) is 35.2 Å². The SMILES string of the molecule is CC(C)CC1(C)C[C@@H](N)c2ccc(F)cc2O1. The molecule has 0 spiro atoms. The Kier molecular flexibility index (Phi) is 3.13. The van der Waals surface area contributed by atoms with Crippen molar-refractivity contribution in [3.05, 3.63) is 29.6 Å². The molecule has 2 atom stereocenters. The molecule has 1 aliphatic heterocycles. The van der Waals surface area contributed by atoms with Gasteiger partial charge in [0.15, 0.2) is 0 Å². The van der Waals surface area contributed by atoms with Crippen LogP contribution in [0.5, 0.6) is 5.75 Å². The van der Waals surface area contributed by atoms with E-state index in [0.717, 1.165) is 18.4 Å². The molecule has 2 N–H and O–H groups in total. The van der Waals surface area contributed by atoms with E-state index in [-0.39, 0.29) is 17.5 Å². The van der Waals surface area contributed by atoms with Crippen LogP contribution in [0, 0.1) is 11.7 Å². The molecule has 1 unspecified atom stereocenters. The van der Waals surface area contributed by atoms with Crippen LogP contribution in [-0.2, 0) is 0 Å². The maximum atomic E-state index is 13.2. The summed E-state index contributed by atoms with van der Waals surface area (Å²) >= 11 is 0. The second-order valence-corrected chi connectivity index (χ2v) is 5.64. The van der Waals surface area contributed by atoms with Crippen molar-refractivity contribution in [2.45, 2.75) is 45.3 Å². The van der Waals surface area contributed by atoms with E-state index in [1.807, 2.05) is 0 Å². The highest BCUT2D eigenvalue weighted by atomic mass is 19.1. The van der Waals surface area contributed by atoms with Gasteiger partial charge in [-0.3, -0.25) is 0 Å². The normalized spacial score (nSPS) is 27.8. The van der Waals surface area contributed by atoms with E-state index in [2.05, 4.69) is 20.8 Å². The van der Waals surface area contributed by atoms with Crippen molar-refractivity contribution in [2.24, 2.45) is 11.7 Å². The van der Waals surface area contributed by atoms with Gasteiger partial charge in [-0.05, 0) is 25.3 Å². The second-order valence-electron chi connectivity index (χ2n) is 5.64. The molecule has 0 aromatic heterocycles. The second kappa shape index (κ2) is 4.30. The van der Waals surface area contributed by atoms with E-state index in [9.17, 15) is 4.39 Å². The van der Waals surface area contributed by atoms with Crippen molar-refractivity contribution in [3.63, 3.8) is 0 Å². The number of benzene rings is 1. The van der Waals surface area contributed by atoms with E-state index < -0.39 is 0 Å². The molecule has 0 aliphatic carbocycles. The number of nitrogens with two attached hydrogens (primary N) is 1. The van der Waals surface area contributed by atoms with E-state index in [0.29, 0.717) is 11.7 Å². The van der Waals surface area contributed by atoms with Crippen LogP contribution < -0.4 is 10.5 Å². The molecule has 1 heterocycles. The molecule has 1 aliphatic rings. The molecule has 2 nitrogen and oxygen atoms in total. The monoisotopic (exact) mass is 237 g/mol. The Bertz CT molecular complexity index is 419. The summed E-state index contributed by atoms with van der Waals surface area (Å²) < 4.78 is 19.2. The van der Waals surface area contributed by atoms with Gasteiger partial charge in [0.2, 0.25) is 0 Å². The molecule has 17 heavy (non-hydrogen) atoms. The first-order valence-corrected chi connectivity index (χ1v) is 6.14. The van der Waals surface area contributed by atoms with Crippen LogP contribution >= 0.6 is 0 Å². The Morgan fingerprint density at radius 3 is 2.88 bits per heavy atom. The Morgan fingerprint density at radius 2 is 2.24 bits per heavy atom. The first-order valence-electron chi connectivity index (χ1n) is 6.14. The summed E-state index contributed by atoms with van der Waals surface area (Å²) in [4.78, 5) is 0. The zero-order chi connectivity index (χ0) is 12.6. The minimum Gasteiger partial charge on any atom is -0.487 e. The van der Waals surface area contributed by atoms with Gasteiger partial charge >= 0.3 is 0 Å². The number of fused-ring (bicyclic) bond motifs is 1. The van der Waals surface area contributed by atoms with Gasteiger partial charge < -0.3 is 10.5 Å². The van der Waals surface area contributed by atoms with E-state index in [4.69, 9.17) is 10.5 Å². The predicted octanol–water partition coefficient (Wildman–Crippen LogP) is 3.41. The fourth-order valence-corrected chi connectivity index (χ4v) is 2.77. The van der Waals surface area contributed by atoms with Crippen LogP contribution in [0.2, 0.25) is 0 Å². The van der Waals surface area contributed by atoms with Crippen molar-refractivity contribution in [2.75, 3.05) is 0 Å². The summed E-state index contributed by atoms with van der Waals surface area (Å²) in [7, 11) is 0. The lowest BCUT2D eigenvalue weighted by Gasteiger charge is -2.39. The van der Waals surface area contributed by atoms with Gasteiger partial charge in [0, 0.05) is 24.1 Å². The van der Waals surface area contributed by atoms with Crippen LogP contribution in [0.1, 0.15) is 45.2 Å². The third-order valence-electron chi connectivity index (χ3n) is 3.22. The standard InChI is InChI=1S/C14H20FNO/c1-9(2)7-14(3)8-12(16)11-5-4-10(15)6-13(11)17-14/h4-6,9,12H,7-8,16H2,1-3H3/t12-,14?/m1/s1. The lowest BCUT2D eigenvalue weighted by molar-refractivity contribution is 0.0337. The van der Waals surface area contributed by atoms with Crippen molar-refractivity contribution < 1.29 is 9.13 Å². The third kappa shape index (κ3) is 2.60. The number of hydrogen-bond donors (Lipinski definition) is 1. The zero-order valence-electron chi connectivity index (χ0n) is 10.7. The van der Waals surface area contributed by atoms with Gasteiger partial charge in [-0.25, -0.2) is 4.39 Å². The van der Waals surface area contributed by atoms with Gasteiger partial charge in [-0.2, -0.15) is 0 Å². The molecule has 0 bridgehead atoms. The molecular formula is C14H20FNO. The van der Waals surface area contributed by atoms with E-state index in [1.54, 1.807) is 6.07 Å². The third-order valence-corrected chi connectivity index (χ3v) is 3.22. The Balaban J connectivity index is 2.31. The van der Waals surface area contributed by atoms with Gasteiger partial charge in [0.25, 0.3) is 0 Å². The first kappa shape index (κ1) is 12.4. The highest BCUT2D eigenvalue weighted by molar-refractivity contribution is 5.39. The highest BCUT2D eigenvalue weighted by Gasteiger charge is 2.36. The van der Waals surface area contributed by atoms with Crippen LogP contribution in [-0.4, -0.2) is 5.60 Å². The van der Waals surface area contributed by atoms with Gasteiger partial charge in [0.1, 0.15) is 17.2 Å². The fraction of sp³-hybridized carbons (Fsp3) is 0.571. The molecule has 0 amide bonds. The largest absolute Gasteiger partial charge is 0.487 e. The molecule has 1 aromatic carbocycles. The molecule has 94 valence electrons. The Hall–Kier alpha value is -1.09.